The van der Waals surface area contributed by atoms with E-state index >= 15 is 0 Å². The van der Waals surface area contributed by atoms with Crippen molar-refractivity contribution in [1.29, 1.82) is 0 Å². The molecule has 0 bridgehead atoms. The number of methoxy groups -OCH3 is 1. The highest BCUT2D eigenvalue weighted by molar-refractivity contribution is 5.40. The molecule has 19 heavy (non-hydrogen) atoms. The third kappa shape index (κ3) is 3.48. The van der Waals surface area contributed by atoms with E-state index in [0.29, 0.717) is 13.2 Å². The summed E-state index contributed by atoms with van der Waals surface area (Å²) in [6.07, 6.45) is 3.83. The number of nitrogens with zero attached hydrogens (tertiary/aromatic N) is 2. The summed E-state index contributed by atoms with van der Waals surface area (Å²) in [4.78, 5) is 11.6. The van der Waals surface area contributed by atoms with Gasteiger partial charge in [0.2, 0.25) is 0 Å². The highest BCUT2D eigenvalue weighted by atomic mass is 16.5. The molecule has 102 valence electrons. The fourth-order valence-electron chi connectivity index (χ4n) is 1.87. The molecule has 0 aliphatic heterocycles. The van der Waals surface area contributed by atoms with Gasteiger partial charge in [0.1, 0.15) is 0 Å². The zero-order chi connectivity index (χ0) is 13.7. The molecule has 2 aromatic rings. The second kappa shape index (κ2) is 6.24. The lowest BCUT2D eigenvalue weighted by atomic mass is 10.3. The van der Waals surface area contributed by atoms with Crippen LogP contribution in [0.5, 0.6) is 0 Å². The molecule has 0 aliphatic carbocycles. The van der Waals surface area contributed by atoms with E-state index < -0.39 is 0 Å². The van der Waals surface area contributed by atoms with Gasteiger partial charge < -0.3 is 19.2 Å². The molecule has 0 aliphatic rings. The molecular weight excluding hydrogens is 242 g/mol. The fourth-order valence-corrected chi connectivity index (χ4v) is 1.87. The molecule has 5 heteroatoms. The van der Waals surface area contributed by atoms with Crippen LogP contribution in [0.3, 0.4) is 0 Å². The first-order valence-electron chi connectivity index (χ1n) is 6.24. The van der Waals surface area contributed by atoms with Crippen molar-refractivity contribution in [1.82, 2.24) is 9.13 Å². The monoisotopic (exact) mass is 261 g/mol. The lowest BCUT2D eigenvalue weighted by Gasteiger charge is -2.10. The largest absolute Gasteiger partial charge is 0.383 e. The van der Waals surface area contributed by atoms with Gasteiger partial charge in [-0.05, 0) is 18.2 Å². The van der Waals surface area contributed by atoms with Gasteiger partial charge >= 0.3 is 0 Å². The van der Waals surface area contributed by atoms with Crippen LogP contribution in [-0.2, 0) is 24.9 Å². The second-order valence-corrected chi connectivity index (χ2v) is 4.41. The molecule has 0 radical (unpaired) electrons. The van der Waals surface area contributed by atoms with Crippen LogP contribution in [0.25, 0.3) is 0 Å². The Balaban J connectivity index is 2.04. The van der Waals surface area contributed by atoms with E-state index in [4.69, 9.17) is 4.74 Å². The molecule has 2 rings (SSSR count). The summed E-state index contributed by atoms with van der Waals surface area (Å²) in [5.74, 6) is 0. The summed E-state index contributed by atoms with van der Waals surface area (Å²) >= 11 is 0. The molecule has 0 atom stereocenters. The van der Waals surface area contributed by atoms with Crippen LogP contribution < -0.4 is 10.9 Å². The van der Waals surface area contributed by atoms with E-state index in [0.717, 1.165) is 12.2 Å². The molecule has 0 spiro atoms. The first-order chi connectivity index (χ1) is 9.20. The van der Waals surface area contributed by atoms with Crippen LogP contribution in [0.2, 0.25) is 0 Å². The van der Waals surface area contributed by atoms with Crippen molar-refractivity contribution in [3.63, 3.8) is 0 Å². The Bertz CT molecular complexity index is 586. The zero-order valence-corrected chi connectivity index (χ0v) is 11.3. The van der Waals surface area contributed by atoms with Gasteiger partial charge in [0, 0.05) is 44.9 Å². The van der Waals surface area contributed by atoms with Crippen LogP contribution >= 0.6 is 0 Å². The van der Waals surface area contributed by atoms with Gasteiger partial charge in [-0.25, -0.2) is 0 Å². The molecule has 0 saturated carbocycles. The van der Waals surface area contributed by atoms with Crippen LogP contribution in [0.1, 0.15) is 5.69 Å². The van der Waals surface area contributed by atoms with Crippen LogP contribution in [0.15, 0.2) is 41.5 Å². The maximum Gasteiger partial charge on any atom is 0.250 e. The van der Waals surface area contributed by atoms with Crippen LogP contribution in [0.4, 0.5) is 5.69 Å². The van der Waals surface area contributed by atoms with Gasteiger partial charge in [-0.3, -0.25) is 4.79 Å². The Morgan fingerprint density at radius 1 is 1.32 bits per heavy atom. The van der Waals surface area contributed by atoms with Gasteiger partial charge in [0.05, 0.1) is 18.8 Å². The van der Waals surface area contributed by atoms with E-state index in [9.17, 15) is 4.79 Å². The van der Waals surface area contributed by atoms with Crippen LogP contribution in [0, 0.1) is 0 Å². The normalized spacial score (nSPS) is 10.6. The third-order valence-corrected chi connectivity index (χ3v) is 3.04. The Labute approximate surface area is 112 Å². The molecule has 1 N–H and O–H groups in total. The van der Waals surface area contributed by atoms with Gasteiger partial charge in [-0.15, -0.1) is 0 Å². The number of hydrogen-bond donors (Lipinski definition) is 1. The lowest BCUT2D eigenvalue weighted by Crippen LogP contribution is -2.21. The molecular formula is C14H19N3O2. The minimum atomic E-state index is -0.0125. The highest BCUT2D eigenvalue weighted by Gasteiger charge is 2.00. The van der Waals surface area contributed by atoms with Crippen molar-refractivity contribution in [3.8, 4) is 0 Å². The number of aryl methyl sites for hydroxylation is 1. The smallest absolute Gasteiger partial charge is 0.250 e. The van der Waals surface area contributed by atoms with Crippen molar-refractivity contribution in [3.05, 3.63) is 52.7 Å². The average molecular weight is 261 g/mol. The molecule has 0 unspecified atom stereocenters. The minimum absolute atomic E-state index is 0.0125. The summed E-state index contributed by atoms with van der Waals surface area (Å²) in [6, 6.07) is 7.45. The highest BCUT2D eigenvalue weighted by Crippen LogP contribution is 2.07. The zero-order valence-electron chi connectivity index (χ0n) is 11.3. The number of nitrogens with one attached hydrogen (secondary N) is 1. The first-order valence-corrected chi connectivity index (χ1v) is 6.24. The van der Waals surface area contributed by atoms with Gasteiger partial charge in [0.15, 0.2) is 0 Å². The molecule has 0 saturated heterocycles. The quantitative estimate of drug-likeness (QED) is 0.856. The lowest BCUT2D eigenvalue weighted by molar-refractivity contribution is 0.186. The third-order valence-electron chi connectivity index (χ3n) is 3.04. The van der Waals surface area contributed by atoms with Crippen molar-refractivity contribution in [2.24, 2.45) is 7.05 Å². The van der Waals surface area contributed by atoms with Gasteiger partial charge in [-0.2, -0.15) is 0 Å². The number of hydrogen-bond acceptors (Lipinski definition) is 3. The summed E-state index contributed by atoms with van der Waals surface area (Å²) in [5.41, 5.74) is 2.10. The Morgan fingerprint density at radius 2 is 2.16 bits per heavy atom. The maximum absolute atomic E-state index is 11.6. The number of rotatable bonds is 6. The van der Waals surface area contributed by atoms with E-state index in [1.54, 1.807) is 23.8 Å². The van der Waals surface area contributed by atoms with E-state index in [1.807, 2.05) is 25.5 Å². The number of anilines is 1. The topological polar surface area (TPSA) is 48.2 Å². The summed E-state index contributed by atoms with van der Waals surface area (Å²) in [7, 11) is 3.64. The van der Waals surface area contributed by atoms with Crippen LogP contribution in [-0.4, -0.2) is 22.9 Å². The van der Waals surface area contributed by atoms with Gasteiger partial charge in [-0.1, -0.05) is 0 Å². The number of aromatic nitrogens is 2. The molecule has 0 fully saturated rings. The average Bonchev–Trinajstić information content (AvgIpc) is 2.82. The minimum Gasteiger partial charge on any atom is -0.383 e. The summed E-state index contributed by atoms with van der Waals surface area (Å²) in [6.45, 7) is 1.82. The fraction of sp³-hybridized carbons (Fsp3) is 0.357. The van der Waals surface area contributed by atoms with Crippen molar-refractivity contribution in [2.45, 2.75) is 13.1 Å². The maximum atomic E-state index is 11.6. The number of ether oxygens (including phenoxy) is 1. The molecule has 0 aromatic carbocycles. The molecule has 2 aromatic heterocycles. The Morgan fingerprint density at radius 3 is 2.84 bits per heavy atom. The predicted molar refractivity (Wildman–Crippen MR) is 75.3 cm³/mol. The summed E-state index contributed by atoms with van der Waals surface area (Å²) < 4.78 is 8.70. The second-order valence-electron chi connectivity index (χ2n) is 4.41. The standard InChI is InChI=1S/C14H19N3O2/c1-16-7-3-4-13(16)10-15-12-5-6-14(18)17(11-12)8-9-19-2/h3-7,11,15H,8-10H2,1-2H3. The Hall–Kier alpha value is -2.01. The van der Waals surface area contributed by atoms with Crippen molar-refractivity contribution < 1.29 is 4.74 Å². The SMILES string of the molecule is COCCn1cc(NCc2cccn2C)ccc1=O. The van der Waals surface area contributed by atoms with E-state index in [-0.39, 0.29) is 5.56 Å². The van der Waals surface area contributed by atoms with E-state index in [2.05, 4.69) is 16.0 Å². The number of pyridine rings is 1. The molecule has 5 nitrogen and oxygen atoms in total. The van der Waals surface area contributed by atoms with E-state index in [1.165, 1.54) is 5.69 Å². The van der Waals surface area contributed by atoms with Crippen molar-refractivity contribution >= 4 is 5.69 Å². The molecule has 0 amide bonds. The van der Waals surface area contributed by atoms with Crippen molar-refractivity contribution in [2.75, 3.05) is 19.0 Å². The summed E-state index contributed by atoms with van der Waals surface area (Å²) in [5, 5.41) is 3.31. The van der Waals surface area contributed by atoms with Gasteiger partial charge in [0.25, 0.3) is 5.56 Å². The predicted octanol–water partition coefficient (Wildman–Crippen LogP) is 1.45. The molecule has 2 heterocycles. The first kappa shape index (κ1) is 13.4. The Kier molecular flexibility index (Phi) is 4.41.